The van der Waals surface area contributed by atoms with E-state index in [-0.39, 0.29) is 11.7 Å². The van der Waals surface area contributed by atoms with Gasteiger partial charge in [-0.1, -0.05) is 42.0 Å². The van der Waals surface area contributed by atoms with Gasteiger partial charge < -0.3 is 15.1 Å². The number of amides is 1. The Morgan fingerprint density at radius 3 is 2.00 bits per heavy atom. The minimum Gasteiger partial charge on any atom is -0.465 e. The maximum absolute atomic E-state index is 13.4. The summed E-state index contributed by atoms with van der Waals surface area (Å²) in [4.78, 5) is 12.5. The minimum absolute atomic E-state index is 0.142. The summed E-state index contributed by atoms with van der Waals surface area (Å²) in [5, 5.41) is 20.8. The second kappa shape index (κ2) is 6.84. The van der Waals surface area contributed by atoms with Crippen LogP contribution in [0.5, 0.6) is 0 Å². The summed E-state index contributed by atoms with van der Waals surface area (Å²) >= 11 is 0. The van der Waals surface area contributed by atoms with Crippen molar-refractivity contribution in [2.45, 2.75) is 25.4 Å². The van der Waals surface area contributed by atoms with Crippen molar-refractivity contribution in [3.63, 3.8) is 0 Å². The topological polar surface area (TPSA) is 60.8 Å². The number of halogens is 1. The summed E-state index contributed by atoms with van der Waals surface area (Å²) in [7, 11) is 0. The molecular weight excluding hydrogens is 321 g/mol. The third-order valence-corrected chi connectivity index (χ3v) is 5.13. The van der Waals surface area contributed by atoms with E-state index in [0.29, 0.717) is 31.5 Å². The maximum Gasteiger partial charge on any atom is 0.407 e. The van der Waals surface area contributed by atoms with Crippen LogP contribution in [0.2, 0.25) is 0 Å². The zero-order valence-electron chi connectivity index (χ0n) is 14.2. The number of rotatable bonds is 3. The van der Waals surface area contributed by atoms with Crippen LogP contribution < -0.4 is 0 Å². The highest BCUT2D eigenvalue weighted by molar-refractivity contribution is 5.65. The molecule has 0 aromatic heterocycles. The Morgan fingerprint density at radius 2 is 1.52 bits per heavy atom. The first-order chi connectivity index (χ1) is 11.9. The normalized spacial score (nSPS) is 18.0. The smallest absolute Gasteiger partial charge is 0.407 e. The lowest BCUT2D eigenvalue weighted by Crippen LogP contribution is -2.45. The fourth-order valence-corrected chi connectivity index (χ4v) is 3.64. The van der Waals surface area contributed by atoms with Crippen molar-refractivity contribution in [2.75, 3.05) is 13.1 Å². The number of hydrogen-bond donors (Lipinski definition) is 2. The van der Waals surface area contributed by atoms with Crippen molar-refractivity contribution in [3.8, 4) is 0 Å². The summed E-state index contributed by atoms with van der Waals surface area (Å²) in [6.45, 7) is 2.75. The van der Waals surface area contributed by atoms with Crippen molar-refractivity contribution in [2.24, 2.45) is 5.92 Å². The second-order valence-corrected chi connectivity index (χ2v) is 6.68. The quantitative estimate of drug-likeness (QED) is 0.892. The lowest BCUT2D eigenvalue weighted by Gasteiger charge is -2.41. The van der Waals surface area contributed by atoms with Gasteiger partial charge in [-0.2, -0.15) is 0 Å². The number of aryl methyl sites for hydroxylation is 1. The number of aliphatic hydroxyl groups is 1. The molecular formula is C20H22FNO3. The Morgan fingerprint density at radius 1 is 1.04 bits per heavy atom. The monoisotopic (exact) mass is 343 g/mol. The number of carboxylic acid groups (broad SMARTS) is 1. The third kappa shape index (κ3) is 3.37. The number of piperidine rings is 1. The van der Waals surface area contributed by atoms with Gasteiger partial charge in [-0.15, -0.1) is 0 Å². The molecule has 132 valence electrons. The number of nitrogens with zero attached hydrogens (tertiary/aromatic N) is 1. The van der Waals surface area contributed by atoms with Crippen LogP contribution in [0.4, 0.5) is 9.18 Å². The molecule has 1 fully saturated rings. The maximum atomic E-state index is 13.4. The predicted octanol–water partition coefficient (Wildman–Crippen LogP) is 3.76. The second-order valence-electron chi connectivity index (χ2n) is 6.68. The van der Waals surface area contributed by atoms with Gasteiger partial charge in [0, 0.05) is 13.1 Å². The Balaban J connectivity index is 1.99. The molecule has 1 amide bonds. The average Bonchev–Trinajstić information content (AvgIpc) is 2.62. The molecule has 4 nitrogen and oxygen atoms in total. The van der Waals surface area contributed by atoms with E-state index in [1.165, 1.54) is 17.0 Å². The van der Waals surface area contributed by atoms with Crippen molar-refractivity contribution < 1.29 is 19.4 Å². The summed E-state index contributed by atoms with van der Waals surface area (Å²) in [6, 6.07) is 13.6. The van der Waals surface area contributed by atoms with E-state index in [1.54, 1.807) is 12.1 Å². The van der Waals surface area contributed by atoms with Gasteiger partial charge >= 0.3 is 6.09 Å². The van der Waals surface area contributed by atoms with Crippen LogP contribution in [-0.4, -0.2) is 34.3 Å². The molecule has 2 aromatic carbocycles. The van der Waals surface area contributed by atoms with E-state index in [9.17, 15) is 14.3 Å². The highest BCUT2D eigenvalue weighted by Gasteiger charge is 2.42. The van der Waals surface area contributed by atoms with E-state index in [2.05, 4.69) is 0 Å². The standard InChI is InChI=1S/C20H22FNO3/c1-14-2-4-15(5-3-14)20(25,16-6-8-18(21)9-7-16)17-10-12-22(13-11-17)19(23)24/h2-9,17,25H,10-13H2,1H3,(H,23,24). The average molecular weight is 343 g/mol. The first-order valence-corrected chi connectivity index (χ1v) is 8.44. The zero-order chi connectivity index (χ0) is 18.0. The summed E-state index contributed by atoms with van der Waals surface area (Å²) in [5.41, 5.74) is 1.20. The van der Waals surface area contributed by atoms with Gasteiger partial charge in [0.1, 0.15) is 11.4 Å². The Hall–Kier alpha value is -2.40. The van der Waals surface area contributed by atoms with Crippen molar-refractivity contribution in [1.29, 1.82) is 0 Å². The SMILES string of the molecule is Cc1ccc(C(O)(c2ccc(F)cc2)C2CCN(C(=O)O)CC2)cc1. The first kappa shape index (κ1) is 17.4. The molecule has 0 aliphatic carbocycles. The van der Waals surface area contributed by atoms with Gasteiger partial charge in [0.05, 0.1) is 0 Å². The molecule has 25 heavy (non-hydrogen) atoms. The summed E-state index contributed by atoms with van der Waals surface area (Å²) in [5.74, 6) is -0.494. The number of likely N-dealkylation sites (tertiary alicyclic amines) is 1. The van der Waals surface area contributed by atoms with Crippen LogP contribution in [0, 0.1) is 18.7 Å². The molecule has 2 N–H and O–H groups in total. The van der Waals surface area contributed by atoms with Crippen LogP contribution in [0.1, 0.15) is 29.5 Å². The molecule has 0 spiro atoms. The van der Waals surface area contributed by atoms with E-state index in [4.69, 9.17) is 5.11 Å². The van der Waals surface area contributed by atoms with Crippen LogP contribution in [0.25, 0.3) is 0 Å². The van der Waals surface area contributed by atoms with E-state index >= 15 is 0 Å². The fourth-order valence-electron chi connectivity index (χ4n) is 3.64. The highest BCUT2D eigenvalue weighted by Crippen LogP contribution is 2.42. The molecule has 1 aliphatic rings. The predicted molar refractivity (Wildman–Crippen MR) is 92.9 cm³/mol. The molecule has 1 atom stereocenters. The first-order valence-electron chi connectivity index (χ1n) is 8.44. The zero-order valence-corrected chi connectivity index (χ0v) is 14.2. The molecule has 0 saturated carbocycles. The van der Waals surface area contributed by atoms with Gasteiger partial charge in [-0.3, -0.25) is 0 Å². The van der Waals surface area contributed by atoms with E-state index < -0.39 is 11.7 Å². The molecule has 1 aliphatic heterocycles. The Bertz CT molecular complexity index is 689. The van der Waals surface area contributed by atoms with Crippen LogP contribution in [0.15, 0.2) is 48.5 Å². The number of hydrogen-bond acceptors (Lipinski definition) is 2. The van der Waals surface area contributed by atoms with E-state index in [1.807, 2.05) is 31.2 Å². The molecule has 0 bridgehead atoms. The number of benzene rings is 2. The van der Waals surface area contributed by atoms with E-state index in [0.717, 1.165) is 11.1 Å². The molecule has 5 heteroatoms. The molecule has 1 unspecified atom stereocenters. The fraction of sp³-hybridized carbons (Fsp3) is 0.350. The summed E-state index contributed by atoms with van der Waals surface area (Å²) < 4.78 is 13.4. The van der Waals surface area contributed by atoms with Crippen LogP contribution >= 0.6 is 0 Å². The van der Waals surface area contributed by atoms with Crippen molar-refractivity contribution in [1.82, 2.24) is 4.90 Å². The Kier molecular flexibility index (Phi) is 4.77. The Labute approximate surface area is 146 Å². The molecule has 0 radical (unpaired) electrons. The van der Waals surface area contributed by atoms with Crippen molar-refractivity contribution >= 4 is 6.09 Å². The van der Waals surface area contributed by atoms with Gasteiger partial charge in [-0.05, 0) is 48.9 Å². The number of carbonyl (C=O) groups is 1. The van der Waals surface area contributed by atoms with Gasteiger partial charge in [0.15, 0.2) is 0 Å². The molecule has 3 rings (SSSR count). The van der Waals surface area contributed by atoms with Crippen LogP contribution in [-0.2, 0) is 5.60 Å². The molecule has 1 saturated heterocycles. The molecule has 2 aromatic rings. The minimum atomic E-state index is -1.27. The van der Waals surface area contributed by atoms with Crippen molar-refractivity contribution in [3.05, 3.63) is 71.0 Å². The van der Waals surface area contributed by atoms with Gasteiger partial charge in [0.2, 0.25) is 0 Å². The lowest BCUT2D eigenvalue weighted by atomic mass is 9.72. The highest BCUT2D eigenvalue weighted by atomic mass is 19.1. The van der Waals surface area contributed by atoms with Gasteiger partial charge in [0.25, 0.3) is 0 Å². The van der Waals surface area contributed by atoms with Crippen LogP contribution in [0.3, 0.4) is 0 Å². The third-order valence-electron chi connectivity index (χ3n) is 5.13. The van der Waals surface area contributed by atoms with Gasteiger partial charge in [-0.25, -0.2) is 9.18 Å². The lowest BCUT2D eigenvalue weighted by molar-refractivity contribution is -0.0121. The molecule has 1 heterocycles. The summed E-state index contributed by atoms with van der Waals surface area (Å²) in [6.07, 6.45) is 0.168. The largest absolute Gasteiger partial charge is 0.465 e.